The predicted molar refractivity (Wildman–Crippen MR) is 106 cm³/mol. The van der Waals surface area contributed by atoms with E-state index in [0.717, 1.165) is 15.7 Å². The number of Topliss-reactive ketones (excluding diaryl/α,β-unsaturated/α-hetero) is 1. The second-order valence-electron chi connectivity index (χ2n) is 6.72. The van der Waals surface area contributed by atoms with Crippen LogP contribution in [-0.2, 0) is 25.4 Å². The molecule has 8 heteroatoms. The van der Waals surface area contributed by atoms with E-state index in [1.165, 1.54) is 30.3 Å². The zero-order valence-corrected chi connectivity index (χ0v) is 16.8. The van der Waals surface area contributed by atoms with Crippen LogP contribution in [0, 0.1) is 6.92 Å². The summed E-state index contributed by atoms with van der Waals surface area (Å²) in [6, 6.07) is 7.99. The number of ketones is 1. The molecule has 3 aromatic rings. The summed E-state index contributed by atoms with van der Waals surface area (Å²) in [6.07, 6.45) is 0. The lowest BCUT2D eigenvalue weighted by Crippen LogP contribution is -2.37. The number of aromatic nitrogens is 4. The molecule has 0 radical (unpaired) electrons. The first kappa shape index (κ1) is 19.2. The van der Waals surface area contributed by atoms with Crippen molar-refractivity contribution >= 4 is 28.7 Å². The summed E-state index contributed by atoms with van der Waals surface area (Å²) in [5, 5.41) is 0.242. The third-order valence-corrected chi connectivity index (χ3v) is 5.80. The Labute approximate surface area is 160 Å². The van der Waals surface area contributed by atoms with Gasteiger partial charge in [-0.15, -0.1) is 0 Å². The van der Waals surface area contributed by atoms with E-state index in [4.69, 9.17) is 0 Å². The van der Waals surface area contributed by atoms with E-state index in [2.05, 4.69) is 4.98 Å². The van der Waals surface area contributed by atoms with Crippen molar-refractivity contribution in [1.29, 1.82) is 0 Å². The van der Waals surface area contributed by atoms with E-state index in [-0.39, 0.29) is 11.0 Å². The fourth-order valence-electron chi connectivity index (χ4n) is 2.90. The molecule has 27 heavy (non-hydrogen) atoms. The topological polar surface area (TPSA) is 78.9 Å². The number of hydrogen-bond donors (Lipinski definition) is 0. The molecule has 3 rings (SSSR count). The number of rotatable bonds is 5. The van der Waals surface area contributed by atoms with Crippen LogP contribution in [0.4, 0.5) is 0 Å². The van der Waals surface area contributed by atoms with Crippen LogP contribution in [0.15, 0.2) is 39.0 Å². The Morgan fingerprint density at radius 1 is 1.22 bits per heavy atom. The highest BCUT2D eigenvalue weighted by atomic mass is 32.2. The number of aryl methyl sites for hydroxylation is 2. The van der Waals surface area contributed by atoms with Crippen LogP contribution in [0.25, 0.3) is 11.2 Å². The standard InChI is InChI=1S/C19H22N4O3S/c1-11-7-6-8-14(9-11)10-23-15-16(20-18(23)27-13(3)12(2)24)21(4)19(26)22(5)17(15)25/h6-9,13H,10H2,1-5H3/t13-/m1/s1. The minimum Gasteiger partial charge on any atom is -0.309 e. The number of thioether (sulfide) groups is 1. The summed E-state index contributed by atoms with van der Waals surface area (Å²) < 4.78 is 4.25. The van der Waals surface area contributed by atoms with Crippen LogP contribution in [0.1, 0.15) is 25.0 Å². The molecule has 0 aliphatic rings. The third-order valence-electron chi connectivity index (χ3n) is 4.59. The number of carbonyl (C=O) groups excluding carboxylic acids is 1. The molecular weight excluding hydrogens is 364 g/mol. The maximum Gasteiger partial charge on any atom is 0.332 e. The SMILES string of the molecule is CC(=O)[C@@H](C)Sc1nc2c(c(=O)n(C)c(=O)n2C)n1Cc1cccc(C)c1. The van der Waals surface area contributed by atoms with E-state index < -0.39 is 11.2 Å². The quantitative estimate of drug-likeness (QED) is 0.626. The molecule has 2 aromatic heterocycles. The highest BCUT2D eigenvalue weighted by Gasteiger charge is 2.22. The second-order valence-corrected chi connectivity index (χ2v) is 8.03. The molecular formula is C19H22N4O3S. The molecule has 2 heterocycles. The van der Waals surface area contributed by atoms with Crippen molar-refractivity contribution in [2.75, 3.05) is 0 Å². The Morgan fingerprint density at radius 3 is 2.56 bits per heavy atom. The van der Waals surface area contributed by atoms with Gasteiger partial charge < -0.3 is 4.57 Å². The lowest BCUT2D eigenvalue weighted by atomic mass is 10.1. The van der Waals surface area contributed by atoms with Crippen LogP contribution in [0.5, 0.6) is 0 Å². The van der Waals surface area contributed by atoms with Crippen molar-refractivity contribution in [3.8, 4) is 0 Å². The summed E-state index contributed by atoms with van der Waals surface area (Å²) in [6.45, 7) is 5.77. The Hall–Kier alpha value is -2.61. The molecule has 0 saturated heterocycles. The fraction of sp³-hybridized carbons (Fsp3) is 0.368. The van der Waals surface area contributed by atoms with Gasteiger partial charge in [-0.3, -0.25) is 18.7 Å². The lowest BCUT2D eigenvalue weighted by Gasteiger charge is -2.12. The van der Waals surface area contributed by atoms with Crippen LogP contribution < -0.4 is 11.2 Å². The van der Waals surface area contributed by atoms with Gasteiger partial charge in [0.05, 0.1) is 11.8 Å². The zero-order chi connectivity index (χ0) is 19.9. The highest BCUT2D eigenvalue weighted by Crippen LogP contribution is 2.27. The van der Waals surface area contributed by atoms with Crippen LogP contribution >= 0.6 is 11.8 Å². The lowest BCUT2D eigenvalue weighted by molar-refractivity contribution is -0.116. The summed E-state index contributed by atoms with van der Waals surface area (Å²) in [4.78, 5) is 41.4. The van der Waals surface area contributed by atoms with Gasteiger partial charge in [-0.1, -0.05) is 41.6 Å². The van der Waals surface area contributed by atoms with Gasteiger partial charge in [0.25, 0.3) is 5.56 Å². The number of fused-ring (bicyclic) bond motifs is 1. The molecule has 142 valence electrons. The molecule has 0 unspecified atom stereocenters. The Kier molecular flexibility index (Phi) is 5.10. The Balaban J connectivity index is 2.28. The van der Waals surface area contributed by atoms with E-state index in [0.29, 0.717) is 22.9 Å². The smallest absolute Gasteiger partial charge is 0.309 e. The molecule has 0 spiro atoms. The number of imidazole rings is 1. The minimum absolute atomic E-state index is 0.0240. The van der Waals surface area contributed by atoms with Gasteiger partial charge in [0, 0.05) is 14.1 Å². The number of carbonyl (C=O) groups is 1. The first-order chi connectivity index (χ1) is 12.7. The Morgan fingerprint density at radius 2 is 1.93 bits per heavy atom. The van der Waals surface area contributed by atoms with Gasteiger partial charge >= 0.3 is 5.69 Å². The van der Waals surface area contributed by atoms with Crippen molar-refractivity contribution in [2.24, 2.45) is 14.1 Å². The number of nitrogens with zero attached hydrogens (tertiary/aromatic N) is 4. The molecule has 1 aromatic carbocycles. The summed E-state index contributed by atoms with van der Waals surface area (Å²) in [5.74, 6) is 0.0240. The average Bonchev–Trinajstić information content (AvgIpc) is 2.96. The summed E-state index contributed by atoms with van der Waals surface area (Å²) >= 11 is 1.30. The zero-order valence-electron chi connectivity index (χ0n) is 16.0. The molecule has 0 aliphatic carbocycles. The largest absolute Gasteiger partial charge is 0.332 e. The molecule has 1 atom stereocenters. The first-order valence-corrected chi connectivity index (χ1v) is 9.47. The van der Waals surface area contributed by atoms with E-state index >= 15 is 0 Å². The molecule has 0 N–H and O–H groups in total. The average molecular weight is 386 g/mol. The van der Waals surface area contributed by atoms with Crippen LogP contribution in [0.2, 0.25) is 0 Å². The van der Waals surface area contributed by atoms with Crippen LogP contribution in [0.3, 0.4) is 0 Å². The monoisotopic (exact) mass is 386 g/mol. The molecule has 7 nitrogen and oxygen atoms in total. The Bertz CT molecular complexity index is 1160. The van der Waals surface area contributed by atoms with Gasteiger partial charge in [0.1, 0.15) is 5.78 Å². The van der Waals surface area contributed by atoms with Crippen molar-refractivity contribution in [3.63, 3.8) is 0 Å². The van der Waals surface area contributed by atoms with Gasteiger partial charge in [-0.05, 0) is 26.3 Å². The van der Waals surface area contributed by atoms with Crippen molar-refractivity contribution < 1.29 is 4.79 Å². The van der Waals surface area contributed by atoms with E-state index in [9.17, 15) is 14.4 Å². The van der Waals surface area contributed by atoms with Crippen molar-refractivity contribution in [2.45, 2.75) is 37.7 Å². The molecule has 0 fully saturated rings. The molecule has 0 amide bonds. The summed E-state index contributed by atoms with van der Waals surface area (Å²) in [7, 11) is 3.05. The maximum atomic E-state index is 12.8. The second kappa shape index (κ2) is 7.19. The molecule has 0 saturated carbocycles. The highest BCUT2D eigenvalue weighted by molar-refractivity contribution is 8.00. The number of hydrogen-bond acceptors (Lipinski definition) is 5. The fourth-order valence-corrected chi connectivity index (χ4v) is 3.80. The van der Waals surface area contributed by atoms with Crippen LogP contribution in [-0.4, -0.2) is 29.7 Å². The van der Waals surface area contributed by atoms with Gasteiger partial charge in [-0.2, -0.15) is 0 Å². The predicted octanol–water partition coefficient (Wildman–Crippen LogP) is 1.86. The normalized spacial score (nSPS) is 12.5. The third kappa shape index (κ3) is 3.49. The van der Waals surface area contributed by atoms with E-state index in [1.807, 2.05) is 31.2 Å². The summed E-state index contributed by atoms with van der Waals surface area (Å²) in [5.41, 5.74) is 2.00. The molecule has 0 aliphatic heterocycles. The van der Waals surface area contributed by atoms with Crippen molar-refractivity contribution in [3.05, 3.63) is 56.2 Å². The van der Waals surface area contributed by atoms with E-state index in [1.54, 1.807) is 18.5 Å². The first-order valence-electron chi connectivity index (χ1n) is 8.59. The number of benzene rings is 1. The van der Waals surface area contributed by atoms with Gasteiger partial charge in [-0.25, -0.2) is 9.78 Å². The van der Waals surface area contributed by atoms with Gasteiger partial charge in [0.15, 0.2) is 16.3 Å². The van der Waals surface area contributed by atoms with Gasteiger partial charge in [0.2, 0.25) is 0 Å². The molecule has 0 bridgehead atoms. The maximum absolute atomic E-state index is 12.8. The minimum atomic E-state index is -0.427. The van der Waals surface area contributed by atoms with Crippen molar-refractivity contribution in [1.82, 2.24) is 18.7 Å².